The molecule has 7 heteroatoms. The molecular formula is C19H20FNO3S2. The number of anilines is 1. The number of hydrogen-bond donors (Lipinski definition) is 0. The van der Waals surface area contributed by atoms with Crippen LogP contribution < -0.4 is 4.90 Å². The van der Waals surface area contributed by atoms with Crippen LogP contribution in [0.5, 0.6) is 0 Å². The highest BCUT2D eigenvalue weighted by Gasteiger charge is 2.35. The highest BCUT2D eigenvalue weighted by Crippen LogP contribution is 2.26. The second-order valence-corrected chi connectivity index (χ2v) is 9.49. The van der Waals surface area contributed by atoms with Gasteiger partial charge < -0.3 is 4.90 Å². The standard InChI is InChI=1S/C19H20FNO3S2/c20-16-8-6-15(7-9-16)12-25-13-19(22)21(17-4-2-1-3-5-17)18-10-11-26(23,24)14-18/h1-9,18H,10-14H2. The fourth-order valence-corrected chi connectivity index (χ4v) is 5.58. The molecule has 0 spiro atoms. The number of benzene rings is 2. The fourth-order valence-electron chi connectivity index (χ4n) is 3.03. The van der Waals surface area contributed by atoms with Crippen molar-refractivity contribution in [3.8, 4) is 0 Å². The van der Waals surface area contributed by atoms with E-state index in [0.29, 0.717) is 12.2 Å². The summed E-state index contributed by atoms with van der Waals surface area (Å²) in [6.45, 7) is 0. The number of hydrogen-bond acceptors (Lipinski definition) is 4. The lowest BCUT2D eigenvalue weighted by Crippen LogP contribution is -2.42. The molecule has 1 atom stereocenters. The number of carbonyl (C=O) groups excluding carboxylic acids is 1. The zero-order chi connectivity index (χ0) is 18.6. The van der Waals surface area contributed by atoms with Crippen molar-refractivity contribution >= 4 is 33.2 Å². The van der Waals surface area contributed by atoms with Crippen molar-refractivity contribution in [3.63, 3.8) is 0 Å². The Morgan fingerprint density at radius 1 is 1.12 bits per heavy atom. The molecule has 2 aromatic rings. The average molecular weight is 394 g/mol. The summed E-state index contributed by atoms with van der Waals surface area (Å²) in [7, 11) is -3.09. The van der Waals surface area contributed by atoms with Gasteiger partial charge in [-0.25, -0.2) is 12.8 Å². The van der Waals surface area contributed by atoms with Gasteiger partial charge in [-0.2, -0.15) is 0 Å². The lowest BCUT2D eigenvalue weighted by molar-refractivity contribution is -0.116. The van der Waals surface area contributed by atoms with Crippen LogP contribution in [0.2, 0.25) is 0 Å². The Morgan fingerprint density at radius 3 is 2.42 bits per heavy atom. The maximum absolute atomic E-state index is 12.9. The number of nitrogens with zero attached hydrogens (tertiary/aromatic N) is 1. The summed E-state index contributed by atoms with van der Waals surface area (Å²) in [5, 5.41) is 0. The molecule has 0 saturated carbocycles. The van der Waals surface area contributed by atoms with E-state index in [4.69, 9.17) is 0 Å². The highest BCUT2D eigenvalue weighted by atomic mass is 32.2. The van der Waals surface area contributed by atoms with E-state index < -0.39 is 9.84 Å². The molecule has 2 aromatic carbocycles. The van der Waals surface area contributed by atoms with Gasteiger partial charge in [0.1, 0.15) is 5.82 Å². The number of para-hydroxylation sites is 1. The number of thioether (sulfide) groups is 1. The van der Waals surface area contributed by atoms with E-state index in [2.05, 4.69) is 0 Å². The molecule has 0 N–H and O–H groups in total. The normalized spacial score (nSPS) is 18.6. The summed E-state index contributed by atoms with van der Waals surface area (Å²) in [6.07, 6.45) is 0.464. The van der Waals surface area contributed by atoms with Crippen LogP contribution in [-0.2, 0) is 20.4 Å². The van der Waals surface area contributed by atoms with Gasteiger partial charge in [-0.05, 0) is 36.2 Å². The smallest absolute Gasteiger partial charge is 0.237 e. The van der Waals surface area contributed by atoms with Gasteiger partial charge in [0.2, 0.25) is 5.91 Å². The van der Waals surface area contributed by atoms with Crippen molar-refractivity contribution in [1.29, 1.82) is 0 Å². The molecule has 26 heavy (non-hydrogen) atoms. The SMILES string of the molecule is O=C(CSCc1ccc(F)cc1)N(c1ccccc1)C1CCS(=O)(=O)C1. The van der Waals surface area contributed by atoms with Crippen LogP contribution in [0.15, 0.2) is 54.6 Å². The number of amides is 1. The van der Waals surface area contributed by atoms with Crippen molar-refractivity contribution in [2.45, 2.75) is 18.2 Å². The molecule has 0 aromatic heterocycles. The van der Waals surface area contributed by atoms with Crippen LogP contribution in [0.1, 0.15) is 12.0 Å². The number of carbonyl (C=O) groups is 1. The molecule has 0 radical (unpaired) electrons. The van der Waals surface area contributed by atoms with Crippen molar-refractivity contribution in [1.82, 2.24) is 0 Å². The van der Waals surface area contributed by atoms with Crippen molar-refractivity contribution in [2.24, 2.45) is 0 Å². The van der Waals surface area contributed by atoms with E-state index in [1.165, 1.54) is 23.9 Å². The molecule has 0 bridgehead atoms. The minimum Gasteiger partial charge on any atom is -0.308 e. The van der Waals surface area contributed by atoms with Crippen molar-refractivity contribution in [2.75, 3.05) is 22.2 Å². The molecule has 1 saturated heterocycles. The summed E-state index contributed by atoms with van der Waals surface area (Å²) >= 11 is 1.44. The zero-order valence-electron chi connectivity index (χ0n) is 14.2. The first-order valence-electron chi connectivity index (χ1n) is 8.34. The van der Waals surface area contributed by atoms with Crippen molar-refractivity contribution in [3.05, 3.63) is 66.0 Å². The Kier molecular flexibility index (Phi) is 5.98. The minimum absolute atomic E-state index is 0.0102. The van der Waals surface area contributed by atoms with Gasteiger partial charge in [0.05, 0.1) is 23.3 Å². The van der Waals surface area contributed by atoms with Crippen LogP contribution in [0.4, 0.5) is 10.1 Å². The van der Waals surface area contributed by atoms with Crippen LogP contribution >= 0.6 is 11.8 Å². The molecule has 138 valence electrons. The van der Waals surface area contributed by atoms with Crippen LogP contribution in [0.3, 0.4) is 0 Å². The first-order chi connectivity index (χ1) is 12.4. The fraction of sp³-hybridized carbons (Fsp3) is 0.316. The van der Waals surface area contributed by atoms with Gasteiger partial charge >= 0.3 is 0 Å². The van der Waals surface area contributed by atoms with Gasteiger partial charge in [0.25, 0.3) is 0 Å². The van der Waals surface area contributed by atoms with E-state index in [9.17, 15) is 17.6 Å². The largest absolute Gasteiger partial charge is 0.308 e. The van der Waals surface area contributed by atoms with Crippen LogP contribution in [-0.4, -0.2) is 37.6 Å². The molecule has 1 aliphatic rings. The predicted octanol–water partition coefficient (Wildman–Crippen LogP) is 3.28. The summed E-state index contributed by atoms with van der Waals surface area (Å²) in [6, 6.07) is 15.1. The lowest BCUT2D eigenvalue weighted by Gasteiger charge is -2.28. The molecule has 0 aliphatic carbocycles. The van der Waals surface area contributed by atoms with Crippen LogP contribution in [0.25, 0.3) is 0 Å². The number of sulfone groups is 1. The van der Waals surface area contributed by atoms with E-state index in [-0.39, 0.29) is 35.0 Å². The Labute approximate surface area is 157 Å². The van der Waals surface area contributed by atoms with Gasteiger partial charge in [-0.15, -0.1) is 11.8 Å². The van der Waals surface area contributed by atoms with Crippen LogP contribution in [0, 0.1) is 5.82 Å². The Morgan fingerprint density at radius 2 is 1.81 bits per heavy atom. The van der Waals surface area contributed by atoms with E-state index in [1.807, 2.05) is 30.3 Å². The second kappa shape index (κ2) is 8.22. The third-order valence-corrected chi connectivity index (χ3v) is 7.02. The Hall–Kier alpha value is -1.86. The first kappa shape index (κ1) is 18.9. The van der Waals surface area contributed by atoms with E-state index in [0.717, 1.165) is 11.3 Å². The van der Waals surface area contributed by atoms with Gasteiger partial charge in [-0.3, -0.25) is 4.79 Å². The zero-order valence-corrected chi connectivity index (χ0v) is 15.8. The maximum atomic E-state index is 12.9. The Bertz CT molecular complexity index is 854. The molecule has 3 rings (SSSR count). The quantitative estimate of drug-likeness (QED) is 0.756. The summed E-state index contributed by atoms with van der Waals surface area (Å²) < 4.78 is 36.7. The Balaban J connectivity index is 1.68. The van der Waals surface area contributed by atoms with Crippen molar-refractivity contribution < 1.29 is 17.6 Å². The summed E-state index contributed by atoms with van der Waals surface area (Å²) in [5.41, 5.74) is 1.67. The number of halogens is 1. The third kappa shape index (κ3) is 4.86. The highest BCUT2D eigenvalue weighted by molar-refractivity contribution is 7.99. The molecule has 1 unspecified atom stereocenters. The van der Waals surface area contributed by atoms with E-state index >= 15 is 0 Å². The first-order valence-corrected chi connectivity index (χ1v) is 11.3. The van der Waals surface area contributed by atoms with Gasteiger partial charge in [0.15, 0.2) is 9.84 Å². The average Bonchev–Trinajstić information content (AvgIpc) is 2.97. The summed E-state index contributed by atoms with van der Waals surface area (Å²) in [5.74, 6) is 0.575. The maximum Gasteiger partial charge on any atom is 0.237 e. The molecule has 1 aliphatic heterocycles. The topological polar surface area (TPSA) is 54.5 Å². The third-order valence-electron chi connectivity index (χ3n) is 4.28. The van der Waals surface area contributed by atoms with Gasteiger partial charge in [-0.1, -0.05) is 30.3 Å². The molecule has 1 heterocycles. The molecule has 1 fully saturated rings. The molecular weight excluding hydrogens is 373 g/mol. The number of rotatable bonds is 6. The minimum atomic E-state index is -3.09. The monoisotopic (exact) mass is 393 g/mol. The van der Waals surface area contributed by atoms with Gasteiger partial charge in [0, 0.05) is 11.4 Å². The lowest BCUT2D eigenvalue weighted by atomic mass is 10.2. The predicted molar refractivity (Wildman–Crippen MR) is 104 cm³/mol. The second-order valence-electron chi connectivity index (χ2n) is 6.28. The molecule has 4 nitrogen and oxygen atoms in total. The summed E-state index contributed by atoms with van der Waals surface area (Å²) in [4.78, 5) is 14.5. The molecule has 1 amide bonds. The van der Waals surface area contributed by atoms with E-state index in [1.54, 1.807) is 17.0 Å².